The smallest absolute Gasteiger partial charge is 0.235 e. The molecule has 0 amide bonds. The maximum Gasteiger partial charge on any atom is 0.235 e. The van der Waals surface area contributed by atoms with E-state index in [1.54, 1.807) is 48.6 Å². The molecule has 0 bridgehead atoms. The molecule has 2 aromatic carbocycles. The Hall–Kier alpha value is -3.32. The fraction of sp³-hybridized carbons (Fsp3) is 0.273. The van der Waals surface area contributed by atoms with Gasteiger partial charge in [-0.1, -0.05) is 20.8 Å². The van der Waals surface area contributed by atoms with E-state index in [4.69, 9.17) is 32.4 Å². The quantitative estimate of drug-likeness (QED) is 0.394. The van der Waals surface area contributed by atoms with Crippen LogP contribution in [0.4, 0.5) is 22.7 Å². The summed E-state index contributed by atoms with van der Waals surface area (Å²) < 4.78 is 11.9. The Balaban J connectivity index is 1.91. The predicted octanol–water partition coefficient (Wildman–Crippen LogP) is 3.28. The minimum Gasteiger partial charge on any atom is -0.456 e. The zero-order valence-electron chi connectivity index (χ0n) is 16.8. The minimum absolute atomic E-state index is 0.347. The number of anilines is 4. The van der Waals surface area contributed by atoms with Gasteiger partial charge < -0.3 is 37.5 Å². The normalized spacial score (nSPS) is 21.5. The molecule has 0 saturated carbocycles. The van der Waals surface area contributed by atoms with Gasteiger partial charge in [-0.3, -0.25) is 0 Å². The molecule has 0 heterocycles. The molecule has 0 aromatic heterocycles. The van der Waals surface area contributed by atoms with E-state index in [0.717, 1.165) is 0 Å². The monoisotopic (exact) mass is 396 g/mol. The van der Waals surface area contributed by atoms with E-state index in [9.17, 15) is 5.11 Å². The fourth-order valence-electron chi connectivity index (χ4n) is 3.30. The third kappa shape index (κ3) is 4.41. The van der Waals surface area contributed by atoms with Crippen molar-refractivity contribution in [2.45, 2.75) is 26.6 Å². The maximum absolute atomic E-state index is 11.4. The van der Waals surface area contributed by atoms with Gasteiger partial charge in [-0.25, -0.2) is 0 Å². The molecule has 2 atom stereocenters. The van der Waals surface area contributed by atoms with Crippen molar-refractivity contribution in [3.63, 3.8) is 0 Å². The van der Waals surface area contributed by atoms with E-state index in [2.05, 4.69) is 0 Å². The van der Waals surface area contributed by atoms with Gasteiger partial charge in [-0.05, 0) is 60.0 Å². The van der Waals surface area contributed by atoms with Crippen molar-refractivity contribution in [1.82, 2.24) is 0 Å². The van der Waals surface area contributed by atoms with Crippen LogP contribution in [0, 0.1) is 11.3 Å². The van der Waals surface area contributed by atoms with E-state index in [1.807, 2.05) is 26.8 Å². The second-order valence-corrected chi connectivity index (χ2v) is 8.30. The van der Waals surface area contributed by atoms with Gasteiger partial charge in [0.15, 0.2) is 0 Å². The van der Waals surface area contributed by atoms with Crippen LogP contribution in [0.1, 0.15) is 20.8 Å². The van der Waals surface area contributed by atoms with Crippen LogP contribution in [0.2, 0.25) is 0 Å². The first-order valence-corrected chi connectivity index (χ1v) is 9.28. The van der Waals surface area contributed by atoms with Crippen LogP contribution < -0.4 is 32.4 Å². The SMILES string of the molecule is CC(C)(C)C1C=C(Oc2ccc(N)cc2N)C=CC1(O)Oc1ccc(N)cc1N. The summed E-state index contributed by atoms with van der Waals surface area (Å²) in [6.45, 7) is 6.01. The molecule has 2 aromatic rings. The standard InChI is InChI=1S/C22H28N4O3/c1-21(2,3)20-12-15(28-18-6-4-13(23)10-16(18)25)8-9-22(20,27)29-19-7-5-14(24)11-17(19)26/h4-12,20,27H,23-26H2,1-3H3. The molecule has 0 spiro atoms. The molecule has 0 fully saturated rings. The van der Waals surface area contributed by atoms with Gasteiger partial charge >= 0.3 is 0 Å². The second kappa shape index (κ2) is 7.25. The third-order valence-corrected chi connectivity index (χ3v) is 4.76. The number of rotatable bonds is 4. The van der Waals surface area contributed by atoms with E-state index >= 15 is 0 Å². The highest BCUT2D eigenvalue weighted by Crippen LogP contribution is 2.43. The first-order valence-electron chi connectivity index (χ1n) is 9.28. The number of hydrogen-bond donors (Lipinski definition) is 5. The lowest BCUT2D eigenvalue weighted by Gasteiger charge is -2.41. The average Bonchev–Trinajstić information content (AvgIpc) is 2.60. The number of hydrogen-bond acceptors (Lipinski definition) is 7. The first kappa shape index (κ1) is 20.4. The molecule has 1 aliphatic carbocycles. The lowest BCUT2D eigenvalue weighted by Crippen LogP contribution is -2.48. The van der Waals surface area contributed by atoms with E-state index in [0.29, 0.717) is 40.0 Å². The highest BCUT2D eigenvalue weighted by molar-refractivity contribution is 5.62. The highest BCUT2D eigenvalue weighted by Gasteiger charge is 2.45. The van der Waals surface area contributed by atoms with Gasteiger partial charge in [-0.15, -0.1) is 0 Å². The summed E-state index contributed by atoms with van der Waals surface area (Å²) in [5.41, 5.74) is 25.0. The summed E-state index contributed by atoms with van der Waals surface area (Å²) in [5.74, 6) is -0.692. The zero-order chi connectivity index (χ0) is 21.4. The maximum atomic E-state index is 11.4. The van der Waals surface area contributed by atoms with Crippen LogP contribution in [0.3, 0.4) is 0 Å². The van der Waals surface area contributed by atoms with E-state index < -0.39 is 11.7 Å². The highest BCUT2D eigenvalue weighted by atomic mass is 16.6. The Bertz CT molecular complexity index is 979. The molecule has 0 radical (unpaired) electrons. The molecule has 29 heavy (non-hydrogen) atoms. The van der Waals surface area contributed by atoms with Gasteiger partial charge in [0.25, 0.3) is 0 Å². The van der Waals surface area contributed by atoms with Crippen molar-refractivity contribution in [3.8, 4) is 11.5 Å². The van der Waals surface area contributed by atoms with Crippen LogP contribution in [0.25, 0.3) is 0 Å². The van der Waals surface area contributed by atoms with Crippen molar-refractivity contribution in [1.29, 1.82) is 0 Å². The number of nitrogen functional groups attached to an aromatic ring is 4. The molecule has 154 valence electrons. The number of benzene rings is 2. The number of ether oxygens (including phenoxy) is 2. The molecule has 7 nitrogen and oxygen atoms in total. The molecule has 0 aliphatic heterocycles. The van der Waals surface area contributed by atoms with Gasteiger partial charge in [0, 0.05) is 11.4 Å². The van der Waals surface area contributed by atoms with Gasteiger partial charge in [-0.2, -0.15) is 0 Å². The second-order valence-electron chi connectivity index (χ2n) is 8.30. The summed E-state index contributed by atoms with van der Waals surface area (Å²) in [6, 6.07) is 9.95. The van der Waals surface area contributed by atoms with Crippen LogP contribution in [-0.4, -0.2) is 10.9 Å². The Morgan fingerprint density at radius 1 is 0.897 bits per heavy atom. The zero-order valence-corrected chi connectivity index (χ0v) is 16.8. The lowest BCUT2D eigenvalue weighted by atomic mass is 9.73. The summed E-state index contributed by atoms with van der Waals surface area (Å²) in [6.07, 6.45) is 5.02. The average molecular weight is 396 g/mol. The van der Waals surface area contributed by atoms with E-state index in [1.165, 1.54) is 0 Å². The van der Waals surface area contributed by atoms with Gasteiger partial charge in [0.1, 0.15) is 17.3 Å². The summed E-state index contributed by atoms with van der Waals surface area (Å²) in [7, 11) is 0. The molecule has 2 unspecified atom stereocenters. The van der Waals surface area contributed by atoms with Crippen molar-refractivity contribution in [2.75, 3.05) is 22.9 Å². The van der Waals surface area contributed by atoms with Crippen molar-refractivity contribution < 1.29 is 14.6 Å². The van der Waals surface area contributed by atoms with Gasteiger partial charge in [0.05, 0.1) is 17.3 Å². The number of allylic oxidation sites excluding steroid dienone is 1. The van der Waals surface area contributed by atoms with E-state index in [-0.39, 0.29) is 5.41 Å². The minimum atomic E-state index is -1.62. The van der Waals surface area contributed by atoms with Gasteiger partial charge in [0.2, 0.25) is 5.79 Å². The molecule has 7 heteroatoms. The molecule has 1 aliphatic rings. The van der Waals surface area contributed by atoms with Crippen LogP contribution >= 0.6 is 0 Å². The summed E-state index contributed by atoms with van der Waals surface area (Å²) >= 11 is 0. The molecule has 3 rings (SSSR count). The lowest BCUT2D eigenvalue weighted by molar-refractivity contribution is -0.150. The molecular weight excluding hydrogens is 368 g/mol. The Labute approximate surface area is 170 Å². The Morgan fingerprint density at radius 3 is 1.97 bits per heavy atom. The topological polar surface area (TPSA) is 143 Å². The molecule has 0 saturated heterocycles. The molecule has 9 N–H and O–H groups in total. The predicted molar refractivity (Wildman–Crippen MR) is 117 cm³/mol. The summed E-state index contributed by atoms with van der Waals surface area (Å²) in [5, 5.41) is 11.4. The number of nitrogens with two attached hydrogens (primary N) is 4. The van der Waals surface area contributed by atoms with Crippen molar-refractivity contribution in [3.05, 3.63) is 60.4 Å². The largest absolute Gasteiger partial charge is 0.456 e. The van der Waals surface area contributed by atoms with Crippen molar-refractivity contribution in [2.24, 2.45) is 11.3 Å². The Morgan fingerprint density at radius 2 is 1.45 bits per heavy atom. The van der Waals surface area contributed by atoms with Crippen LogP contribution in [0.15, 0.2) is 60.4 Å². The first-order chi connectivity index (χ1) is 13.5. The molecular formula is C22H28N4O3. The number of aliphatic hydroxyl groups is 1. The Kier molecular flexibility index (Phi) is 5.11. The van der Waals surface area contributed by atoms with Crippen LogP contribution in [-0.2, 0) is 0 Å². The fourth-order valence-corrected chi connectivity index (χ4v) is 3.30. The third-order valence-electron chi connectivity index (χ3n) is 4.76. The van der Waals surface area contributed by atoms with Crippen LogP contribution in [0.5, 0.6) is 11.5 Å². The van der Waals surface area contributed by atoms with Crippen molar-refractivity contribution >= 4 is 22.7 Å². The summed E-state index contributed by atoms with van der Waals surface area (Å²) in [4.78, 5) is 0.